The van der Waals surface area contributed by atoms with Crippen molar-refractivity contribution < 1.29 is 14.4 Å². The molecule has 0 aliphatic carbocycles. The normalized spacial score (nSPS) is 24.9. The zero-order valence-electron chi connectivity index (χ0n) is 12.4. The predicted molar refractivity (Wildman–Crippen MR) is 73.9 cm³/mol. The molecule has 6 heteroatoms. The Bertz CT molecular complexity index is 423. The lowest BCUT2D eigenvalue weighted by molar-refractivity contribution is -0.154. The lowest BCUT2D eigenvalue weighted by Gasteiger charge is -2.43. The number of urea groups is 1. The summed E-state index contributed by atoms with van der Waals surface area (Å²) < 4.78 is 0. The van der Waals surface area contributed by atoms with E-state index < -0.39 is 17.4 Å². The number of likely N-dealkylation sites (tertiary alicyclic amines) is 1. The molecule has 1 N–H and O–H groups in total. The van der Waals surface area contributed by atoms with E-state index in [1.54, 1.807) is 0 Å². The molecule has 0 aromatic heterocycles. The van der Waals surface area contributed by atoms with Gasteiger partial charge in [-0.25, -0.2) is 4.79 Å². The van der Waals surface area contributed by atoms with E-state index in [0.29, 0.717) is 12.8 Å². The molecule has 0 unspecified atom stereocenters. The minimum atomic E-state index is -1.07. The third kappa shape index (κ3) is 2.22. The van der Waals surface area contributed by atoms with Crippen LogP contribution in [0, 0.1) is 5.41 Å². The van der Waals surface area contributed by atoms with Crippen LogP contribution in [0.15, 0.2) is 0 Å². The summed E-state index contributed by atoms with van der Waals surface area (Å²) in [6.07, 6.45) is 2.38. The van der Waals surface area contributed by atoms with E-state index in [9.17, 15) is 14.4 Å². The Kier molecular flexibility index (Phi) is 4.13. The molecule has 2 aliphatic rings. The molecule has 0 radical (unpaired) electrons. The Hall–Kier alpha value is -1.43. The first-order chi connectivity index (χ1) is 9.46. The first kappa shape index (κ1) is 15.0. The molecule has 2 aliphatic heterocycles. The van der Waals surface area contributed by atoms with Crippen molar-refractivity contribution in [1.29, 1.82) is 0 Å². The van der Waals surface area contributed by atoms with Crippen LogP contribution in [0.2, 0.25) is 0 Å². The van der Waals surface area contributed by atoms with Crippen LogP contribution in [-0.2, 0) is 9.59 Å². The third-order valence-corrected chi connectivity index (χ3v) is 4.76. The molecular formula is C14H23N3O3. The monoisotopic (exact) mass is 281 g/mol. The minimum Gasteiger partial charge on any atom is -0.306 e. The van der Waals surface area contributed by atoms with Gasteiger partial charge in [0.25, 0.3) is 0 Å². The Morgan fingerprint density at radius 2 is 1.70 bits per heavy atom. The fourth-order valence-corrected chi connectivity index (χ4v) is 3.16. The van der Waals surface area contributed by atoms with Gasteiger partial charge in [-0.3, -0.25) is 19.8 Å². The van der Waals surface area contributed by atoms with Crippen molar-refractivity contribution >= 4 is 17.8 Å². The standard InChI is InChI=1S/C14H23N3O3/c1-4-14(5-2)11(18)15-13(20)17(12(14)19)10-6-8-16(3)9-7-10/h10H,4-9H2,1-3H3,(H,15,18,20). The van der Waals surface area contributed by atoms with Crippen LogP contribution in [0.4, 0.5) is 4.79 Å². The van der Waals surface area contributed by atoms with Crippen LogP contribution in [0.1, 0.15) is 39.5 Å². The fourth-order valence-electron chi connectivity index (χ4n) is 3.16. The molecule has 6 nitrogen and oxygen atoms in total. The number of amides is 4. The van der Waals surface area contributed by atoms with Gasteiger partial charge >= 0.3 is 6.03 Å². The van der Waals surface area contributed by atoms with E-state index in [2.05, 4.69) is 10.2 Å². The molecule has 4 amide bonds. The van der Waals surface area contributed by atoms with Gasteiger partial charge in [0.2, 0.25) is 11.8 Å². The Balaban J connectivity index is 2.26. The first-order valence-electron chi connectivity index (χ1n) is 7.34. The van der Waals surface area contributed by atoms with Crippen molar-refractivity contribution in [2.24, 2.45) is 5.41 Å². The summed E-state index contributed by atoms with van der Waals surface area (Å²) in [7, 11) is 2.03. The van der Waals surface area contributed by atoms with E-state index in [0.717, 1.165) is 25.9 Å². The molecular weight excluding hydrogens is 258 g/mol. The number of piperidine rings is 1. The van der Waals surface area contributed by atoms with Crippen LogP contribution < -0.4 is 5.32 Å². The summed E-state index contributed by atoms with van der Waals surface area (Å²) in [5.74, 6) is -0.757. The Labute approximate surface area is 119 Å². The van der Waals surface area contributed by atoms with Gasteiger partial charge in [-0.1, -0.05) is 13.8 Å². The lowest BCUT2D eigenvalue weighted by Crippen LogP contribution is -2.66. The number of nitrogens with zero attached hydrogens (tertiary/aromatic N) is 2. The van der Waals surface area contributed by atoms with Gasteiger partial charge < -0.3 is 4.90 Å². The van der Waals surface area contributed by atoms with Gasteiger partial charge in [0.15, 0.2) is 0 Å². The summed E-state index contributed by atoms with van der Waals surface area (Å²) in [4.78, 5) is 40.4. The highest BCUT2D eigenvalue weighted by molar-refractivity contribution is 6.19. The highest BCUT2D eigenvalue weighted by atomic mass is 16.2. The molecule has 112 valence electrons. The van der Waals surface area contributed by atoms with Crippen molar-refractivity contribution in [1.82, 2.24) is 15.1 Å². The molecule has 0 atom stereocenters. The van der Waals surface area contributed by atoms with E-state index in [4.69, 9.17) is 0 Å². The largest absolute Gasteiger partial charge is 0.331 e. The molecule has 0 saturated carbocycles. The van der Waals surface area contributed by atoms with Crippen LogP contribution >= 0.6 is 0 Å². The summed E-state index contributed by atoms with van der Waals surface area (Å²) >= 11 is 0. The molecule has 2 saturated heterocycles. The SMILES string of the molecule is CCC1(CC)C(=O)NC(=O)N(C2CCN(C)CC2)C1=O. The average molecular weight is 281 g/mol. The maximum Gasteiger partial charge on any atom is 0.331 e. The van der Waals surface area contributed by atoms with Crippen molar-refractivity contribution in [2.45, 2.75) is 45.6 Å². The van der Waals surface area contributed by atoms with Gasteiger partial charge in [0.1, 0.15) is 5.41 Å². The molecule has 2 heterocycles. The topological polar surface area (TPSA) is 69.7 Å². The van der Waals surface area contributed by atoms with Crippen LogP contribution in [0.25, 0.3) is 0 Å². The van der Waals surface area contributed by atoms with Crippen LogP contribution in [-0.4, -0.2) is 53.8 Å². The Morgan fingerprint density at radius 3 is 2.20 bits per heavy atom. The predicted octanol–water partition coefficient (Wildman–Crippen LogP) is 0.965. The highest BCUT2D eigenvalue weighted by Gasteiger charge is 2.53. The molecule has 0 spiro atoms. The van der Waals surface area contributed by atoms with Gasteiger partial charge in [-0.05, 0) is 45.8 Å². The minimum absolute atomic E-state index is 0.0933. The second kappa shape index (κ2) is 5.52. The summed E-state index contributed by atoms with van der Waals surface area (Å²) in [6, 6.07) is -0.642. The summed E-state index contributed by atoms with van der Waals surface area (Å²) in [6.45, 7) is 5.37. The number of nitrogens with one attached hydrogen (secondary N) is 1. The van der Waals surface area contributed by atoms with Crippen molar-refractivity contribution in [3.63, 3.8) is 0 Å². The van der Waals surface area contributed by atoms with E-state index >= 15 is 0 Å². The smallest absolute Gasteiger partial charge is 0.306 e. The van der Waals surface area contributed by atoms with E-state index in [1.165, 1.54) is 4.90 Å². The van der Waals surface area contributed by atoms with Gasteiger partial charge in [0.05, 0.1) is 0 Å². The van der Waals surface area contributed by atoms with Gasteiger partial charge in [-0.15, -0.1) is 0 Å². The number of hydrogen-bond acceptors (Lipinski definition) is 4. The number of carbonyl (C=O) groups is 3. The molecule has 0 aromatic carbocycles. The fraction of sp³-hybridized carbons (Fsp3) is 0.786. The van der Waals surface area contributed by atoms with E-state index in [1.807, 2.05) is 20.9 Å². The number of imide groups is 2. The van der Waals surface area contributed by atoms with Gasteiger partial charge in [-0.2, -0.15) is 0 Å². The number of rotatable bonds is 3. The third-order valence-electron chi connectivity index (χ3n) is 4.76. The first-order valence-corrected chi connectivity index (χ1v) is 7.34. The van der Waals surface area contributed by atoms with Crippen molar-refractivity contribution in [3.05, 3.63) is 0 Å². The van der Waals surface area contributed by atoms with Crippen molar-refractivity contribution in [3.8, 4) is 0 Å². The average Bonchev–Trinajstić information content (AvgIpc) is 2.42. The second-order valence-corrected chi connectivity index (χ2v) is 5.76. The Morgan fingerprint density at radius 1 is 1.15 bits per heavy atom. The highest BCUT2D eigenvalue weighted by Crippen LogP contribution is 2.34. The van der Waals surface area contributed by atoms with E-state index in [-0.39, 0.29) is 11.9 Å². The number of barbiturate groups is 1. The molecule has 20 heavy (non-hydrogen) atoms. The molecule has 2 rings (SSSR count). The van der Waals surface area contributed by atoms with Crippen molar-refractivity contribution in [2.75, 3.05) is 20.1 Å². The van der Waals surface area contributed by atoms with Crippen LogP contribution in [0.5, 0.6) is 0 Å². The number of carbonyl (C=O) groups excluding carboxylic acids is 3. The molecule has 0 aromatic rings. The quantitative estimate of drug-likeness (QED) is 0.782. The zero-order chi connectivity index (χ0) is 14.9. The van der Waals surface area contributed by atoms with Crippen LogP contribution in [0.3, 0.4) is 0 Å². The van der Waals surface area contributed by atoms with Gasteiger partial charge in [0, 0.05) is 6.04 Å². The summed E-state index contributed by atoms with van der Waals surface area (Å²) in [5.41, 5.74) is -1.07. The molecule has 0 bridgehead atoms. The zero-order valence-corrected chi connectivity index (χ0v) is 12.4. The maximum absolute atomic E-state index is 12.7. The number of hydrogen-bond donors (Lipinski definition) is 1. The maximum atomic E-state index is 12.7. The lowest BCUT2D eigenvalue weighted by atomic mass is 9.78. The second-order valence-electron chi connectivity index (χ2n) is 5.76. The summed E-state index contributed by atoms with van der Waals surface area (Å²) in [5, 5.41) is 2.37. The molecule has 2 fully saturated rings.